The van der Waals surface area contributed by atoms with Crippen molar-refractivity contribution in [1.82, 2.24) is 9.47 Å². The number of aromatic nitrogens is 1. The first-order chi connectivity index (χ1) is 13.6. The number of carbonyl (C=O) groups is 1. The molecule has 0 aliphatic carbocycles. The summed E-state index contributed by atoms with van der Waals surface area (Å²) in [5.74, 6) is 1.76. The van der Waals surface area contributed by atoms with Crippen LogP contribution in [0.25, 0.3) is 0 Å². The van der Waals surface area contributed by atoms with Crippen LogP contribution in [0.5, 0.6) is 5.75 Å². The number of carbonyl (C=O) groups excluding carboxylic acids is 1. The van der Waals surface area contributed by atoms with E-state index in [9.17, 15) is 4.79 Å². The second kappa shape index (κ2) is 8.12. The van der Waals surface area contributed by atoms with Gasteiger partial charge in [0.1, 0.15) is 12.0 Å². The molecule has 2 aromatic rings. The normalized spacial score (nSPS) is 18.4. The molecule has 0 saturated carbocycles. The zero-order chi connectivity index (χ0) is 19.6. The Bertz CT molecular complexity index is 816. The number of ether oxygens (including phenoxy) is 1. The van der Waals surface area contributed by atoms with Gasteiger partial charge in [-0.15, -0.1) is 0 Å². The van der Waals surface area contributed by atoms with Gasteiger partial charge < -0.3 is 19.0 Å². The summed E-state index contributed by atoms with van der Waals surface area (Å²) >= 11 is 0. The summed E-state index contributed by atoms with van der Waals surface area (Å²) in [5, 5.41) is 0. The van der Waals surface area contributed by atoms with E-state index < -0.39 is 0 Å². The van der Waals surface area contributed by atoms with Crippen LogP contribution in [-0.4, -0.2) is 35.4 Å². The molecule has 2 aliphatic rings. The minimum atomic E-state index is -0.264. The third-order valence-electron chi connectivity index (χ3n) is 6.35. The van der Waals surface area contributed by atoms with Gasteiger partial charge in [-0.3, -0.25) is 0 Å². The number of benzene rings is 1. The largest absolute Gasteiger partial charge is 0.481 e. The first-order valence-electron chi connectivity index (χ1n) is 10.7. The Morgan fingerprint density at radius 1 is 1.14 bits per heavy atom. The second-order valence-corrected chi connectivity index (χ2v) is 8.73. The molecule has 0 atom stereocenters. The van der Waals surface area contributed by atoms with Crippen molar-refractivity contribution in [3.63, 3.8) is 0 Å². The van der Waals surface area contributed by atoms with E-state index in [0.717, 1.165) is 56.9 Å². The summed E-state index contributed by atoms with van der Waals surface area (Å²) in [4.78, 5) is 13.5. The van der Waals surface area contributed by atoms with Crippen LogP contribution in [-0.2, 0) is 23.4 Å². The summed E-state index contributed by atoms with van der Waals surface area (Å²) in [6, 6.07) is 12.9. The Morgan fingerprint density at radius 3 is 2.68 bits per heavy atom. The number of likely N-dealkylation sites (tertiary alicyclic amines) is 1. The fourth-order valence-corrected chi connectivity index (χ4v) is 4.62. The van der Waals surface area contributed by atoms with Gasteiger partial charge in [-0.25, -0.2) is 0 Å². The number of rotatable bonds is 6. The fraction of sp³-hybridized carbons (Fsp3) is 0.542. The molecule has 0 unspecified atom stereocenters. The molecule has 1 aromatic heterocycles. The number of hydrogen-bond acceptors (Lipinski definition) is 3. The van der Waals surface area contributed by atoms with Gasteiger partial charge in [0.25, 0.3) is 0 Å². The number of aldehydes is 1. The summed E-state index contributed by atoms with van der Waals surface area (Å²) in [5.41, 5.74) is 3.49. The highest BCUT2D eigenvalue weighted by molar-refractivity contribution is 5.50. The number of piperidine rings is 1. The number of para-hydroxylation sites is 1. The van der Waals surface area contributed by atoms with Gasteiger partial charge in [0.15, 0.2) is 5.60 Å². The van der Waals surface area contributed by atoms with E-state index in [1.807, 2.05) is 0 Å². The number of nitrogens with zero attached hydrogens (tertiary/aromatic N) is 2. The predicted octanol–water partition coefficient (Wildman–Crippen LogP) is 4.40. The molecule has 1 fully saturated rings. The molecule has 3 heterocycles. The van der Waals surface area contributed by atoms with Crippen LogP contribution in [0.2, 0.25) is 0 Å². The van der Waals surface area contributed by atoms with Crippen LogP contribution in [0.3, 0.4) is 0 Å². The van der Waals surface area contributed by atoms with Gasteiger partial charge in [-0.2, -0.15) is 0 Å². The van der Waals surface area contributed by atoms with Gasteiger partial charge >= 0.3 is 0 Å². The second-order valence-electron chi connectivity index (χ2n) is 8.73. The lowest BCUT2D eigenvalue weighted by Crippen LogP contribution is -2.47. The van der Waals surface area contributed by atoms with E-state index >= 15 is 0 Å². The molecule has 2 aliphatic heterocycles. The highest BCUT2D eigenvalue weighted by Crippen LogP contribution is 2.42. The quantitative estimate of drug-likeness (QED) is 0.697. The molecule has 0 N–H and O–H groups in total. The third-order valence-corrected chi connectivity index (χ3v) is 6.35. The van der Waals surface area contributed by atoms with Gasteiger partial charge in [0.2, 0.25) is 0 Å². The van der Waals surface area contributed by atoms with Crippen molar-refractivity contribution in [2.24, 2.45) is 5.92 Å². The molecular formula is C24H32N2O2. The van der Waals surface area contributed by atoms with Crippen molar-refractivity contribution in [2.75, 3.05) is 19.6 Å². The van der Waals surface area contributed by atoms with Crippen LogP contribution < -0.4 is 4.74 Å². The van der Waals surface area contributed by atoms with Crippen LogP contribution in [0.15, 0.2) is 36.4 Å². The fourth-order valence-electron chi connectivity index (χ4n) is 4.62. The minimum absolute atomic E-state index is 0.264. The maximum Gasteiger partial charge on any atom is 0.151 e. The van der Waals surface area contributed by atoms with E-state index in [2.05, 4.69) is 59.7 Å². The van der Waals surface area contributed by atoms with Crippen molar-refractivity contribution in [2.45, 2.75) is 58.1 Å². The lowest BCUT2D eigenvalue weighted by molar-refractivity contribution is -0.107. The zero-order valence-electron chi connectivity index (χ0n) is 17.2. The molecule has 0 radical (unpaired) electrons. The summed E-state index contributed by atoms with van der Waals surface area (Å²) < 4.78 is 9.20. The maximum atomic E-state index is 10.9. The van der Waals surface area contributed by atoms with Gasteiger partial charge in [0.05, 0.1) is 12.2 Å². The maximum absolute atomic E-state index is 10.9. The molecule has 1 spiro atoms. The van der Waals surface area contributed by atoms with Gasteiger partial charge in [0, 0.05) is 43.6 Å². The summed E-state index contributed by atoms with van der Waals surface area (Å²) in [6.45, 7) is 8.74. The molecule has 4 rings (SSSR count). The lowest BCUT2D eigenvalue weighted by atomic mass is 9.87. The highest BCUT2D eigenvalue weighted by atomic mass is 16.5. The van der Waals surface area contributed by atoms with E-state index in [0.29, 0.717) is 6.42 Å². The summed E-state index contributed by atoms with van der Waals surface area (Å²) in [6.07, 6.45) is 5.66. The Labute approximate surface area is 168 Å². The van der Waals surface area contributed by atoms with Crippen LogP contribution >= 0.6 is 0 Å². The standard InChI is InChI=1S/C24H32N2O2/c1-19(2)11-14-25-15-12-24(13-16-25)23-10-9-21(7-5-17-27)26(23)18-20-6-3-4-8-22(20)28-24/h3-4,6,8-10,17,19H,5,7,11-16,18H2,1-2H3. The average Bonchev–Trinajstić information content (AvgIpc) is 3.04. The van der Waals surface area contributed by atoms with E-state index in [-0.39, 0.29) is 5.60 Å². The first-order valence-corrected chi connectivity index (χ1v) is 10.7. The van der Waals surface area contributed by atoms with Crippen LogP contribution in [0.1, 0.15) is 56.5 Å². The van der Waals surface area contributed by atoms with Crippen molar-refractivity contribution in [1.29, 1.82) is 0 Å². The van der Waals surface area contributed by atoms with Gasteiger partial charge in [-0.1, -0.05) is 32.0 Å². The lowest BCUT2D eigenvalue weighted by Gasteiger charge is -2.41. The molecule has 150 valence electrons. The molecule has 4 heteroatoms. The molecule has 1 saturated heterocycles. The van der Waals surface area contributed by atoms with Crippen LogP contribution in [0.4, 0.5) is 0 Å². The molecule has 1 aromatic carbocycles. The summed E-state index contributed by atoms with van der Waals surface area (Å²) in [7, 11) is 0. The predicted molar refractivity (Wildman–Crippen MR) is 112 cm³/mol. The van der Waals surface area contributed by atoms with E-state index in [1.165, 1.54) is 29.9 Å². The zero-order valence-corrected chi connectivity index (χ0v) is 17.2. The number of hydrogen-bond donors (Lipinski definition) is 0. The Morgan fingerprint density at radius 2 is 1.93 bits per heavy atom. The van der Waals surface area contributed by atoms with Crippen LogP contribution in [0, 0.1) is 5.92 Å². The molecule has 0 amide bonds. The van der Waals surface area contributed by atoms with Crippen molar-refractivity contribution in [3.8, 4) is 5.75 Å². The number of fused-ring (bicyclic) bond motifs is 3. The van der Waals surface area contributed by atoms with E-state index in [1.54, 1.807) is 0 Å². The van der Waals surface area contributed by atoms with Crippen molar-refractivity contribution < 1.29 is 9.53 Å². The average molecular weight is 381 g/mol. The molecular weight excluding hydrogens is 348 g/mol. The minimum Gasteiger partial charge on any atom is -0.481 e. The third kappa shape index (κ3) is 3.75. The van der Waals surface area contributed by atoms with Crippen molar-refractivity contribution >= 4 is 6.29 Å². The molecule has 4 nitrogen and oxygen atoms in total. The first kappa shape index (κ1) is 19.3. The Kier molecular flexibility index (Phi) is 5.58. The number of aryl methyl sites for hydroxylation is 1. The highest BCUT2D eigenvalue weighted by Gasteiger charge is 2.42. The topological polar surface area (TPSA) is 34.5 Å². The monoisotopic (exact) mass is 380 g/mol. The van der Waals surface area contributed by atoms with Crippen molar-refractivity contribution in [3.05, 3.63) is 53.3 Å². The smallest absolute Gasteiger partial charge is 0.151 e. The molecule has 28 heavy (non-hydrogen) atoms. The molecule has 0 bridgehead atoms. The Hall–Kier alpha value is -2.07. The Balaban J connectivity index is 1.64. The van der Waals surface area contributed by atoms with E-state index in [4.69, 9.17) is 4.74 Å². The SMILES string of the molecule is CC(C)CCN1CCC2(CC1)Oc1ccccc1Cn1c(CCC=O)ccc12. The van der Waals surface area contributed by atoms with Gasteiger partial charge in [-0.05, 0) is 43.5 Å².